The fourth-order valence-electron chi connectivity index (χ4n) is 1.62. The molecule has 0 aliphatic heterocycles. The summed E-state index contributed by atoms with van der Waals surface area (Å²) < 4.78 is 5.11. The highest BCUT2D eigenvalue weighted by atomic mass is 32.1. The third-order valence-corrected chi connectivity index (χ3v) is 3.30. The molecule has 1 aromatic carbocycles. The number of aromatic nitrogens is 1. The van der Waals surface area contributed by atoms with Crippen molar-refractivity contribution >= 4 is 17.1 Å². The molecule has 17 heavy (non-hydrogen) atoms. The number of thiazole rings is 1. The summed E-state index contributed by atoms with van der Waals surface area (Å²) in [6, 6.07) is 5.43. The van der Waals surface area contributed by atoms with E-state index in [2.05, 4.69) is 4.98 Å². The van der Waals surface area contributed by atoms with Gasteiger partial charge in [-0.1, -0.05) is 0 Å². The lowest BCUT2D eigenvalue weighted by Gasteiger charge is -2.05. The van der Waals surface area contributed by atoms with Gasteiger partial charge in [-0.15, -0.1) is 11.3 Å². The van der Waals surface area contributed by atoms with Crippen molar-refractivity contribution in [3.8, 4) is 5.75 Å². The third-order valence-electron chi connectivity index (χ3n) is 2.53. The lowest BCUT2D eigenvalue weighted by Crippen LogP contribution is -2.04. The van der Waals surface area contributed by atoms with Gasteiger partial charge in [0.2, 0.25) is 5.78 Å². The van der Waals surface area contributed by atoms with Crippen molar-refractivity contribution in [3.05, 3.63) is 45.4 Å². The van der Waals surface area contributed by atoms with E-state index in [0.29, 0.717) is 11.3 Å². The fourth-order valence-corrected chi connectivity index (χ4v) is 2.22. The molecule has 3 nitrogen and oxygen atoms in total. The molecule has 0 saturated carbocycles. The largest absolute Gasteiger partial charge is 0.497 e. The fraction of sp³-hybridized carbons (Fsp3) is 0.231. The van der Waals surface area contributed by atoms with E-state index in [1.54, 1.807) is 24.6 Å². The highest BCUT2D eigenvalue weighted by Gasteiger charge is 2.14. The molecule has 0 N–H and O–H groups in total. The van der Waals surface area contributed by atoms with E-state index in [4.69, 9.17) is 4.74 Å². The second kappa shape index (κ2) is 4.67. The molecule has 0 amide bonds. The molecule has 0 radical (unpaired) electrons. The summed E-state index contributed by atoms with van der Waals surface area (Å²) >= 11 is 1.48. The summed E-state index contributed by atoms with van der Waals surface area (Å²) in [6.45, 7) is 3.79. The van der Waals surface area contributed by atoms with Gasteiger partial charge < -0.3 is 4.74 Å². The Morgan fingerprint density at radius 2 is 2.12 bits per heavy atom. The quantitative estimate of drug-likeness (QED) is 0.783. The van der Waals surface area contributed by atoms with Gasteiger partial charge in [0.05, 0.1) is 12.1 Å². The first-order valence-electron chi connectivity index (χ1n) is 5.23. The zero-order chi connectivity index (χ0) is 12.4. The monoisotopic (exact) mass is 247 g/mol. The number of rotatable bonds is 3. The smallest absolute Gasteiger partial charge is 0.212 e. The Morgan fingerprint density at radius 1 is 1.35 bits per heavy atom. The van der Waals surface area contributed by atoms with Gasteiger partial charge in [0.1, 0.15) is 11.4 Å². The lowest BCUT2D eigenvalue weighted by molar-refractivity contribution is 0.103. The minimum Gasteiger partial charge on any atom is -0.497 e. The Hall–Kier alpha value is -1.68. The van der Waals surface area contributed by atoms with Crippen molar-refractivity contribution in [2.75, 3.05) is 7.11 Å². The number of hydrogen-bond acceptors (Lipinski definition) is 4. The predicted molar refractivity (Wildman–Crippen MR) is 68.0 cm³/mol. The minimum atomic E-state index is -0.0329. The first-order valence-corrected chi connectivity index (χ1v) is 6.11. The van der Waals surface area contributed by atoms with Crippen LogP contribution in [0.4, 0.5) is 0 Å². The number of carbonyl (C=O) groups excluding carboxylic acids is 1. The molecular formula is C13H13NO2S. The van der Waals surface area contributed by atoms with Crippen LogP contribution < -0.4 is 4.74 Å². The van der Waals surface area contributed by atoms with Crippen LogP contribution in [0.5, 0.6) is 5.75 Å². The van der Waals surface area contributed by atoms with E-state index < -0.39 is 0 Å². The van der Waals surface area contributed by atoms with Gasteiger partial charge in [-0.25, -0.2) is 4.98 Å². The van der Waals surface area contributed by atoms with Crippen molar-refractivity contribution in [3.63, 3.8) is 0 Å². The van der Waals surface area contributed by atoms with Crippen LogP contribution in [0.3, 0.4) is 0 Å². The Balaban J connectivity index is 2.37. The summed E-state index contributed by atoms with van der Waals surface area (Å²) in [5.74, 6) is 0.725. The van der Waals surface area contributed by atoms with Gasteiger partial charge in [-0.3, -0.25) is 4.79 Å². The zero-order valence-electron chi connectivity index (χ0n) is 9.98. The van der Waals surface area contributed by atoms with Crippen LogP contribution in [0.15, 0.2) is 23.6 Å². The van der Waals surface area contributed by atoms with E-state index in [9.17, 15) is 4.79 Å². The number of nitrogens with zero attached hydrogens (tertiary/aromatic N) is 1. The lowest BCUT2D eigenvalue weighted by atomic mass is 10.0. The molecule has 2 aromatic rings. The Morgan fingerprint density at radius 3 is 2.65 bits per heavy atom. The molecule has 0 unspecified atom stereocenters. The molecule has 0 spiro atoms. The predicted octanol–water partition coefficient (Wildman–Crippen LogP) is 3.00. The summed E-state index contributed by atoms with van der Waals surface area (Å²) in [5.41, 5.74) is 2.09. The van der Waals surface area contributed by atoms with E-state index in [1.165, 1.54) is 11.3 Å². The topological polar surface area (TPSA) is 39.2 Å². The molecule has 0 bridgehead atoms. The van der Waals surface area contributed by atoms with Crippen LogP contribution in [0.2, 0.25) is 0 Å². The van der Waals surface area contributed by atoms with Crippen LogP contribution in [0.1, 0.15) is 26.6 Å². The molecule has 0 fully saturated rings. The number of aryl methyl sites for hydroxylation is 2. The molecule has 1 heterocycles. The number of ketones is 1. The molecule has 0 aliphatic rings. The van der Waals surface area contributed by atoms with Gasteiger partial charge in [-0.05, 0) is 37.6 Å². The average molecular weight is 247 g/mol. The molecule has 0 aliphatic carbocycles. The number of ether oxygens (including phenoxy) is 1. The van der Waals surface area contributed by atoms with E-state index in [0.717, 1.165) is 16.3 Å². The average Bonchev–Trinajstić information content (AvgIpc) is 2.75. The molecule has 0 saturated heterocycles. The minimum absolute atomic E-state index is 0.0329. The Kier molecular flexibility index (Phi) is 3.24. The Labute approximate surface area is 104 Å². The summed E-state index contributed by atoms with van der Waals surface area (Å²) in [7, 11) is 1.61. The summed E-state index contributed by atoms with van der Waals surface area (Å²) in [4.78, 5) is 16.4. The highest BCUT2D eigenvalue weighted by molar-refractivity contribution is 7.09. The van der Waals surface area contributed by atoms with E-state index in [1.807, 2.05) is 19.9 Å². The van der Waals surface area contributed by atoms with E-state index in [-0.39, 0.29) is 5.78 Å². The van der Waals surface area contributed by atoms with E-state index >= 15 is 0 Å². The molecule has 1 aromatic heterocycles. The SMILES string of the molecule is COc1ccc(C(=O)c2csc(C)n2)c(C)c1. The Bertz CT molecular complexity index is 560. The third kappa shape index (κ3) is 2.36. The normalized spacial score (nSPS) is 10.3. The van der Waals surface area contributed by atoms with Crippen molar-refractivity contribution in [1.29, 1.82) is 0 Å². The maximum Gasteiger partial charge on any atom is 0.212 e. The number of hydrogen-bond donors (Lipinski definition) is 0. The molecule has 88 valence electrons. The molecular weight excluding hydrogens is 234 g/mol. The van der Waals surface area contributed by atoms with Crippen molar-refractivity contribution < 1.29 is 9.53 Å². The van der Waals surface area contributed by atoms with Crippen molar-refractivity contribution in [1.82, 2.24) is 4.98 Å². The molecule has 2 rings (SSSR count). The highest BCUT2D eigenvalue weighted by Crippen LogP contribution is 2.20. The maximum atomic E-state index is 12.2. The van der Waals surface area contributed by atoms with Gasteiger partial charge in [0.25, 0.3) is 0 Å². The molecule has 0 atom stereocenters. The van der Waals surface area contributed by atoms with Crippen LogP contribution in [-0.4, -0.2) is 17.9 Å². The second-order valence-corrected chi connectivity index (χ2v) is 4.82. The van der Waals surface area contributed by atoms with Gasteiger partial charge >= 0.3 is 0 Å². The van der Waals surface area contributed by atoms with Gasteiger partial charge in [0.15, 0.2) is 0 Å². The summed E-state index contributed by atoms with van der Waals surface area (Å²) in [6.07, 6.45) is 0. The number of carbonyl (C=O) groups is 1. The van der Waals surface area contributed by atoms with Crippen LogP contribution >= 0.6 is 11.3 Å². The van der Waals surface area contributed by atoms with Crippen molar-refractivity contribution in [2.24, 2.45) is 0 Å². The molecule has 4 heteroatoms. The zero-order valence-corrected chi connectivity index (χ0v) is 10.8. The first kappa shape index (κ1) is 11.8. The summed E-state index contributed by atoms with van der Waals surface area (Å²) in [5, 5.41) is 2.70. The standard InChI is InChI=1S/C13H13NO2S/c1-8-6-10(16-3)4-5-11(8)13(15)12-7-17-9(2)14-12/h4-7H,1-3H3. The van der Waals surface area contributed by atoms with Crippen LogP contribution in [0.25, 0.3) is 0 Å². The first-order chi connectivity index (χ1) is 8.11. The van der Waals surface area contributed by atoms with Gasteiger partial charge in [-0.2, -0.15) is 0 Å². The maximum absolute atomic E-state index is 12.2. The second-order valence-electron chi connectivity index (χ2n) is 3.76. The number of benzene rings is 1. The van der Waals surface area contributed by atoms with Crippen LogP contribution in [0, 0.1) is 13.8 Å². The van der Waals surface area contributed by atoms with Crippen molar-refractivity contribution in [2.45, 2.75) is 13.8 Å². The van der Waals surface area contributed by atoms with Gasteiger partial charge in [0, 0.05) is 10.9 Å². The number of methoxy groups -OCH3 is 1. The van der Waals surface area contributed by atoms with Crippen LogP contribution in [-0.2, 0) is 0 Å².